The number of hydrogen-bond acceptors (Lipinski definition) is 5. The fourth-order valence-electron chi connectivity index (χ4n) is 1.45. The van der Waals surface area contributed by atoms with E-state index in [-0.39, 0.29) is 0 Å². The van der Waals surface area contributed by atoms with E-state index in [1.807, 2.05) is 30.3 Å². The van der Waals surface area contributed by atoms with Crippen molar-refractivity contribution in [1.82, 2.24) is 10.1 Å². The Balaban J connectivity index is 1.78. The molecule has 0 aliphatic heterocycles. The molecule has 2 rings (SSSR count). The van der Waals surface area contributed by atoms with Crippen molar-refractivity contribution in [2.45, 2.75) is 13.0 Å². The molecule has 1 heterocycles. The molecule has 5 heteroatoms. The summed E-state index contributed by atoms with van der Waals surface area (Å²) in [5.74, 6) is 1.21. The Labute approximate surface area is 99.8 Å². The van der Waals surface area contributed by atoms with Crippen molar-refractivity contribution < 1.29 is 9.26 Å². The van der Waals surface area contributed by atoms with E-state index in [1.54, 1.807) is 7.11 Å². The fraction of sp³-hybridized carbons (Fsp3) is 0.333. The van der Waals surface area contributed by atoms with Crippen LogP contribution in [0.2, 0.25) is 0 Å². The number of benzene rings is 1. The van der Waals surface area contributed by atoms with Crippen LogP contribution in [0.25, 0.3) is 0 Å². The first-order valence-corrected chi connectivity index (χ1v) is 5.48. The minimum atomic E-state index is 0.385. The second kappa shape index (κ2) is 6.00. The molecule has 0 fully saturated rings. The highest BCUT2D eigenvalue weighted by atomic mass is 16.5. The van der Waals surface area contributed by atoms with E-state index in [1.165, 1.54) is 0 Å². The van der Waals surface area contributed by atoms with Crippen LogP contribution in [0.1, 0.15) is 11.7 Å². The van der Waals surface area contributed by atoms with Crippen molar-refractivity contribution in [3.8, 4) is 0 Å². The third-order valence-corrected chi connectivity index (χ3v) is 2.23. The van der Waals surface area contributed by atoms with Gasteiger partial charge in [-0.25, -0.2) is 0 Å². The highest BCUT2D eigenvalue weighted by Gasteiger charge is 2.04. The predicted molar refractivity (Wildman–Crippen MR) is 63.6 cm³/mol. The van der Waals surface area contributed by atoms with Crippen LogP contribution in [0, 0.1) is 0 Å². The highest BCUT2D eigenvalue weighted by Crippen LogP contribution is 2.05. The summed E-state index contributed by atoms with van der Waals surface area (Å²) in [6.45, 7) is 1.15. The van der Waals surface area contributed by atoms with Crippen molar-refractivity contribution in [3.05, 3.63) is 42.0 Å². The highest BCUT2D eigenvalue weighted by molar-refractivity contribution is 5.42. The van der Waals surface area contributed by atoms with Crippen LogP contribution in [-0.4, -0.2) is 23.8 Å². The Bertz CT molecular complexity index is 442. The van der Waals surface area contributed by atoms with Gasteiger partial charge in [-0.1, -0.05) is 23.4 Å². The second-order valence-corrected chi connectivity index (χ2v) is 3.58. The molecule has 0 amide bonds. The second-order valence-electron chi connectivity index (χ2n) is 3.58. The van der Waals surface area contributed by atoms with E-state index >= 15 is 0 Å². The number of nitrogens with zero attached hydrogens (tertiary/aromatic N) is 2. The summed E-state index contributed by atoms with van der Waals surface area (Å²) < 4.78 is 9.99. The topological polar surface area (TPSA) is 60.2 Å². The number of nitrogens with one attached hydrogen (secondary N) is 1. The molecule has 0 aliphatic rings. The lowest BCUT2D eigenvalue weighted by Gasteiger charge is -2.02. The maximum absolute atomic E-state index is 5.07. The summed E-state index contributed by atoms with van der Waals surface area (Å²) in [5.41, 5.74) is 1.09. The number of ether oxygens (including phenoxy) is 1. The third kappa shape index (κ3) is 3.57. The standard InChI is InChI=1S/C12H15N3O2/c1-16-9-11-14-12(17-15-11)7-8-13-10-5-3-2-4-6-10/h2-6,13H,7-9H2,1H3. The number of aromatic nitrogens is 2. The predicted octanol–water partition coefficient (Wildman–Crippen LogP) is 1.87. The summed E-state index contributed by atoms with van der Waals surface area (Å²) in [6, 6.07) is 10.0. The van der Waals surface area contributed by atoms with Gasteiger partial charge >= 0.3 is 0 Å². The fourth-order valence-corrected chi connectivity index (χ4v) is 1.45. The Morgan fingerprint density at radius 2 is 2.12 bits per heavy atom. The van der Waals surface area contributed by atoms with E-state index in [0.29, 0.717) is 24.7 Å². The van der Waals surface area contributed by atoms with Gasteiger partial charge in [0.15, 0.2) is 5.82 Å². The van der Waals surface area contributed by atoms with Gasteiger partial charge in [0.25, 0.3) is 0 Å². The lowest BCUT2D eigenvalue weighted by atomic mass is 10.3. The average molecular weight is 233 g/mol. The van der Waals surface area contributed by atoms with Crippen molar-refractivity contribution >= 4 is 5.69 Å². The largest absolute Gasteiger partial charge is 0.385 e. The molecule has 2 aromatic rings. The van der Waals surface area contributed by atoms with Crippen molar-refractivity contribution in [2.75, 3.05) is 19.0 Å². The maximum atomic E-state index is 5.07. The summed E-state index contributed by atoms with van der Waals surface area (Å²) in [7, 11) is 1.60. The average Bonchev–Trinajstić information content (AvgIpc) is 2.79. The van der Waals surface area contributed by atoms with E-state index in [9.17, 15) is 0 Å². The first-order chi connectivity index (χ1) is 8.38. The summed E-state index contributed by atoms with van der Waals surface area (Å²) in [6.07, 6.45) is 0.700. The van der Waals surface area contributed by atoms with Gasteiger partial charge < -0.3 is 14.6 Å². The number of hydrogen-bond donors (Lipinski definition) is 1. The molecule has 0 unspecified atom stereocenters. The minimum Gasteiger partial charge on any atom is -0.385 e. The maximum Gasteiger partial charge on any atom is 0.228 e. The first kappa shape index (κ1) is 11.6. The van der Waals surface area contributed by atoms with Crippen LogP contribution in [0.3, 0.4) is 0 Å². The van der Waals surface area contributed by atoms with Gasteiger partial charge in [0.1, 0.15) is 6.61 Å². The van der Waals surface area contributed by atoms with E-state index in [4.69, 9.17) is 9.26 Å². The van der Waals surface area contributed by atoms with Crippen LogP contribution in [0.4, 0.5) is 5.69 Å². The van der Waals surface area contributed by atoms with Gasteiger partial charge in [0.2, 0.25) is 5.89 Å². The molecular formula is C12H15N3O2. The zero-order valence-electron chi connectivity index (χ0n) is 9.72. The molecule has 0 atom stereocenters. The quantitative estimate of drug-likeness (QED) is 0.825. The van der Waals surface area contributed by atoms with Crippen LogP contribution < -0.4 is 5.32 Å². The summed E-state index contributed by atoms with van der Waals surface area (Å²) in [4.78, 5) is 4.19. The molecule has 0 saturated carbocycles. The molecule has 1 aromatic carbocycles. The number of rotatable bonds is 6. The Kier molecular flexibility index (Phi) is 4.10. The molecule has 5 nitrogen and oxygen atoms in total. The first-order valence-electron chi connectivity index (χ1n) is 5.48. The monoisotopic (exact) mass is 233 g/mol. The lowest BCUT2D eigenvalue weighted by Crippen LogP contribution is -2.04. The van der Waals surface area contributed by atoms with Gasteiger partial charge in [-0.05, 0) is 12.1 Å². The number of anilines is 1. The molecule has 0 radical (unpaired) electrons. The van der Waals surface area contributed by atoms with E-state index in [2.05, 4.69) is 15.5 Å². The number of methoxy groups -OCH3 is 1. The molecule has 1 aromatic heterocycles. The van der Waals surface area contributed by atoms with Crippen LogP contribution in [0.15, 0.2) is 34.9 Å². The zero-order chi connectivity index (χ0) is 11.9. The third-order valence-electron chi connectivity index (χ3n) is 2.23. The van der Waals surface area contributed by atoms with Gasteiger partial charge in [-0.15, -0.1) is 0 Å². The van der Waals surface area contributed by atoms with E-state index < -0.39 is 0 Å². The Hall–Kier alpha value is -1.88. The normalized spacial score (nSPS) is 10.4. The molecule has 0 bridgehead atoms. The summed E-state index contributed by atoms with van der Waals surface area (Å²) in [5, 5.41) is 7.07. The van der Waals surface area contributed by atoms with Gasteiger partial charge in [-0.3, -0.25) is 0 Å². The summed E-state index contributed by atoms with van der Waals surface area (Å²) >= 11 is 0. The SMILES string of the molecule is COCc1noc(CCNc2ccccc2)n1. The molecule has 0 saturated heterocycles. The molecule has 17 heavy (non-hydrogen) atoms. The van der Waals surface area contributed by atoms with Crippen molar-refractivity contribution in [1.29, 1.82) is 0 Å². The smallest absolute Gasteiger partial charge is 0.228 e. The van der Waals surface area contributed by atoms with Crippen LogP contribution in [0.5, 0.6) is 0 Å². The van der Waals surface area contributed by atoms with Gasteiger partial charge in [0, 0.05) is 25.8 Å². The van der Waals surface area contributed by atoms with E-state index in [0.717, 1.165) is 12.2 Å². The Morgan fingerprint density at radius 1 is 1.29 bits per heavy atom. The van der Waals surface area contributed by atoms with Crippen LogP contribution >= 0.6 is 0 Å². The van der Waals surface area contributed by atoms with Gasteiger partial charge in [0.05, 0.1) is 0 Å². The molecule has 1 N–H and O–H groups in total. The number of para-hydroxylation sites is 1. The molecule has 0 aliphatic carbocycles. The van der Waals surface area contributed by atoms with Gasteiger partial charge in [-0.2, -0.15) is 4.98 Å². The molecule has 90 valence electrons. The van der Waals surface area contributed by atoms with Crippen LogP contribution in [-0.2, 0) is 17.8 Å². The Morgan fingerprint density at radius 3 is 2.88 bits per heavy atom. The molecule has 0 spiro atoms. The molecular weight excluding hydrogens is 218 g/mol. The minimum absolute atomic E-state index is 0.385. The zero-order valence-corrected chi connectivity index (χ0v) is 9.72. The van der Waals surface area contributed by atoms with Crippen molar-refractivity contribution in [2.24, 2.45) is 0 Å². The van der Waals surface area contributed by atoms with Crippen molar-refractivity contribution in [3.63, 3.8) is 0 Å². The lowest BCUT2D eigenvalue weighted by molar-refractivity contribution is 0.174.